The summed E-state index contributed by atoms with van der Waals surface area (Å²) in [7, 11) is 0. The van der Waals surface area contributed by atoms with Gasteiger partial charge in [0, 0.05) is 19.0 Å². The van der Waals surface area contributed by atoms with Crippen LogP contribution in [0.15, 0.2) is 0 Å². The lowest BCUT2D eigenvalue weighted by Gasteiger charge is -2.17. The van der Waals surface area contributed by atoms with E-state index in [1.165, 1.54) is 0 Å². The van der Waals surface area contributed by atoms with E-state index < -0.39 is 12.6 Å². The Balaban J connectivity index is 1.99. The first-order valence-electron chi connectivity index (χ1n) is 5.86. The number of hydrogen-bond acceptors (Lipinski definition) is 2. The SMILES string of the molecule is CC(CCCC(F)(F)F)NCC(O)C1CC1. The minimum atomic E-state index is -4.05. The Kier molecular flexibility index (Phi) is 5.05. The summed E-state index contributed by atoms with van der Waals surface area (Å²) < 4.78 is 35.6. The zero-order valence-corrected chi connectivity index (χ0v) is 9.56. The summed E-state index contributed by atoms with van der Waals surface area (Å²) in [4.78, 5) is 0. The highest BCUT2D eigenvalue weighted by Crippen LogP contribution is 2.32. The molecule has 2 nitrogen and oxygen atoms in total. The highest BCUT2D eigenvalue weighted by Gasteiger charge is 2.29. The fraction of sp³-hybridized carbons (Fsp3) is 1.00. The minimum absolute atomic E-state index is 0.0377. The number of aliphatic hydroxyl groups excluding tert-OH is 1. The summed E-state index contributed by atoms with van der Waals surface area (Å²) >= 11 is 0. The zero-order valence-electron chi connectivity index (χ0n) is 9.56. The van der Waals surface area contributed by atoms with E-state index in [-0.39, 0.29) is 18.6 Å². The third-order valence-corrected chi connectivity index (χ3v) is 2.94. The van der Waals surface area contributed by atoms with Crippen LogP contribution in [0.5, 0.6) is 0 Å². The molecule has 2 N–H and O–H groups in total. The van der Waals surface area contributed by atoms with E-state index in [0.29, 0.717) is 18.9 Å². The van der Waals surface area contributed by atoms with Crippen molar-refractivity contribution in [1.29, 1.82) is 0 Å². The molecule has 0 amide bonds. The predicted octanol–water partition coefficient (Wildman–Crippen LogP) is 2.47. The van der Waals surface area contributed by atoms with Crippen LogP contribution in [0.25, 0.3) is 0 Å². The molecule has 1 aliphatic rings. The van der Waals surface area contributed by atoms with E-state index in [2.05, 4.69) is 5.32 Å². The summed E-state index contributed by atoms with van der Waals surface area (Å²) in [6.45, 7) is 2.36. The van der Waals surface area contributed by atoms with Crippen LogP contribution >= 0.6 is 0 Å². The lowest BCUT2D eigenvalue weighted by Crippen LogP contribution is -2.34. The van der Waals surface area contributed by atoms with Crippen LogP contribution in [-0.2, 0) is 0 Å². The van der Waals surface area contributed by atoms with E-state index >= 15 is 0 Å². The van der Waals surface area contributed by atoms with Crippen LogP contribution in [-0.4, -0.2) is 30.0 Å². The third kappa shape index (κ3) is 6.33. The van der Waals surface area contributed by atoms with Crippen molar-refractivity contribution in [2.24, 2.45) is 5.92 Å². The number of aliphatic hydroxyl groups is 1. The maximum Gasteiger partial charge on any atom is 0.389 e. The Morgan fingerprint density at radius 1 is 1.38 bits per heavy atom. The van der Waals surface area contributed by atoms with Crippen LogP contribution in [0.1, 0.15) is 39.0 Å². The smallest absolute Gasteiger partial charge is 0.389 e. The molecule has 0 saturated heterocycles. The molecular weight excluding hydrogens is 219 g/mol. The summed E-state index contributed by atoms with van der Waals surface area (Å²) in [6.07, 6.45) is -2.30. The average molecular weight is 239 g/mol. The molecule has 96 valence electrons. The van der Waals surface area contributed by atoms with Gasteiger partial charge in [0.15, 0.2) is 0 Å². The monoisotopic (exact) mass is 239 g/mol. The van der Waals surface area contributed by atoms with Crippen LogP contribution in [0.3, 0.4) is 0 Å². The standard InChI is InChI=1S/C11H20F3NO/c1-8(3-2-6-11(12,13)14)15-7-10(16)9-4-5-9/h8-10,15-16H,2-7H2,1H3. The van der Waals surface area contributed by atoms with Crippen molar-refractivity contribution in [2.45, 2.75) is 57.3 Å². The number of rotatable bonds is 7. The summed E-state index contributed by atoms with van der Waals surface area (Å²) in [5.74, 6) is 0.412. The Morgan fingerprint density at radius 2 is 2.00 bits per heavy atom. The normalized spacial score (nSPS) is 20.8. The highest BCUT2D eigenvalue weighted by molar-refractivity contribution is 4.82. The van der Waals surface area contributed by atoms with Gasteiger partial charge in [-0.3, -0.25) is 0 Å². The molecule has 0 bridgehead atoms. The molecule has 0 aliphatic heterocycles. The molecule has 16 heavy (non-hydrogen) atoms. The van der Waals surface area contributed by atoms with E-state index in [1.54, 1.807) is 0 Å². The molecule has 1 aliphatic carbocycles. The van der Waals surface area contributed by atoms with Gasteiger partial charge in [-0.2, -0.15) is 13.2 Å². The van der Waals surface area contributed by atoms with Crippen LogP contribution in [0, 0.1) is 5.92 Å². The Labute approximate surface area is 94.2 Å². The fourth-order valence-corrected chi connectivity index (χ4v) is 1.68. The van der Waals surface area contributed by atoms with Gasteiger partial charge >= 0.3 is 6.18 Å². The quantitative estimate of drug-likeness (QED) is 0.715. The first-order valence-corrected chi connectivity index (χ1v) is 5.86. The second-order valence-corrected chi connectivity index (χ2v) is 4.72. The predicted molar refractivity (Wildman–Crippen MR) is 56.1 cm³/mol. The lowest BCUT2D eigenvalue weighted by molar-refractivity contribution is -0.135. The molecule has 1 saturated carbocycles. The maximum atomic E-state index is 11.9. The molecule has 0 aromatic carbocycles. The van der Waals surface area contributed by atoms with Gasteiger partial charge in [0.25, 0.3) is 0 Å². The molecule has 5 heteroatoms. The van der Waals surface area contributed by atoms with Crippen molar-refractivity contribution < 1.29 is 18.3 Å². The van der Waals surface area contributed by atoms with E-state index in [0.717, 1.165) is 12.8 Å². The molecule has 0 radical (unpaired) electrons. The van der Waals surface area contributed by atoms with Crippen molar-refractivity contribution in [1.82, 2.24) is 5.32 Å². The summed E-state index contributed by atoms with van der Waals surface area (Å²) in [5.41, 5.74) is 0. The Bertz CT molecular complexity index is 204. The second-order valence-electron chi connectivity index (χ2n) is 4.72. The minimum Gasteiger partial charge on any atom is -0.392 e. The average Bonchev–Trinajstić information content (AvgIpc) is 2.95. The Hall–Kier alpha value is -0.290. The van der Waals surface area contributed by atoms with E-state index in [1.807, 2.05) is 6.92 Å². The van der Waals surface area contributed by atoms with Gasteiger partial charge in [-0.05, 0) is 38.5 Å². The Morgan fingerprint density at radius 3 is 2.50 bits per heavy atom. The topological polar surface area (TPSA) is 32.3 Å². The van der Waals surface area contributed by atoms with Crippen LogP contribution in [0.2, 0.25) is 0 Å². The van der Waals surface area contributed by atoms with Gasteiger partial charge in [-0.1, -0.05) is 0 Å². The number of nitrogens with one attached hydrogen (secondary N) is 1. The van der Waals surface area contributed by atoms with Crippen molar-refractivity contribution in [3.05, 3.63) is 0 Å². The second kappa shape index (κ2) is 5.87. The van der Waals surface area contributed by atoms with Gasteiger partial charge in [0.2, 0.25) is 0 Å². The van der Waals surface area contributed by atoms with Crippen LogP contribution < -0.4 is 5.32 Å². The van der Waals surface area contributed by atoms with Gasteiger partial charge < -0.3 is 10.4 Å². The van der Waals surface area contributed by atoms with Gasteiger partial charge in [0.1, 0.15) is 0 Å². The molecule has 0 aromatic heterocycles. The first-order chi connectivity index (χ1) is 7.38. The molecule has 0 heterocycles. The molecule has 0 spiro atoms. The third-order valence-electron chi connectivity index (χ3n) is 2.94. The lowest BCUT2D eigenvalue weighted by atomic mass is 10.1. The molecule has 0 aromatic rings. The van der Waals surface area contributed by atoms with Crippen molar-refractivity contribution in [3.8, 4) is 0 Å². The van der Waals surface area contributed by atoms with Crippen LogP contribution in [0.4, 0.5) is 13.2 Å². The van der Waals surface area contributed by atoms with E-state index in [4.69, 9.17) is 0 Å². The first kappa shape index (κ1) is 13.8. The van der Waals surface area contributed by atoms with Gasteiger partial charge in [0.05, 0.1) is 6.10 Å². The number of hydrogen-bond donors (Lipinski definition) is 2. The molecule has 2 unspecified atom stereocenters. The van der Waals surface area contributed by atoms with Crippen molar-refractivity contribution in [3.63, 3.8) is 0 Å². The number of alkyl halides is 3. The summed E-state index contributed by atoms with van der Waals surface area (Å²) in [5, 5.41) is 12.6. The van der Waals surface area contributed by atoms with Crippen molar-refractivity contribution >= 4 is 0 Å². The zero-order chi connectivity index (χ0) is 12.2. The molecular formula is C11H20F3NO. The largest absolute Gasteiger partial charge is 0.392 e. The van der Waals surface area contributed by atoms with Gasteiger partial charge in [-0.15, -0.1) is 0 Å². The fourth-order valence-electron chi connectivity index (χ4n) is 1.68. The number of halogens is 3. The molecule has 1 fully saturated rings. The van der Waals surface area contributed by atoms with Gasteiger partial charge in [-0.25, -0.2) is 0 Å². The molecule has 1 rings (SSSR count). The van der Waals surface area contributed by atoms with E-state index in [9.17, 15) is 18.3 Å². The van der Waals surface area contributed by atoms with Crippen molar-refractivity contribution in [2.75, 3.05) is 6.54 Å². The highest BCUT2D eigenvalue weighted by atomic mass is 19.4. The maximum absolute atomic E-state index is 11.9. The summed E-state index contributed by atoms with van der Waals surface area (Å²) in [6, 6.07) is 0.0377. The molecule has 2 atom stereocenters.